The number of ether oxygens (including phenoxy) is 4. The zero-order valence-electron chi connectivity index (χ0n) is 64.4. The Balaban J connectivity index is 5.19. The summed E-state index contributed by atoms with van der Waals surface area (Å²) in [6, 6.07) is 0. The predicted molar refractivity (Wildman–Crippen MR) is 400 cm³/mol. The zero-order valence-corrected chi connectivity index (χ0v) is 66.2. The molecule has 0 heterocycles. The van der Waals surface area contributed by atoms with Crippen LogP contribution in [-0.2, 0) is 65.4 Å². The van der Waals surface area contributed by atoms with Crippen molar-refractivity contribution in [1.82, 2.24) is 0 Å². The van der Waals surface area contributed by atoms with E-state index in [9.17, 15) is 43.2 Å². The van der Waals surface area contributed by atoms with Gasteiger partial charge >= 0.3 is 39.5 Å². The lowest BCUT2D eigenvalue weighted by atomic mass is 9.99. The van der Waals surface area contributed by atoms with Gasteiger partial charge in [0, 0.05) is 25.7 Å². The number of phosphoric acid groups is 2. The lowest BCUT2D eigenvalue weighted by Crippen LogP contribution is -2.30. The molecule has 0 aromatic heterocycles. The number of rotatable bonds is 76. The molecule has 6 atom stereocenters. The number of aliphatic hydroxyl groups is 1. The highest BCUT2D eigenvalue weighted by Crippen LogP contribution is 2.45. The fraction of sp³-hybridized carbons (Fsp3) is 0.949. The standard InChI is InChI=1S/C79H154O17P2/c1-9-72(8)58-50-42-33-27-23-24-28-34-43-51-59-76(81)89-65-74(95-79(84)62-54-46-36-30-22-18-20-26-32-40-48-56-70(4)5)67-93-97(85,86)91-63-73(80)64-92-98(87,88)94-68-75(66-90-77(82)60-52-44-38-37-41-49-57-71(6)7)96-78(83)61-53-45-35-29-21-17-15-13-11-10-12-14-16-19-25-31-39-47-55-69(2)3/h69-75,80H,9-68H2,1-8H3,(H,85,86)(H,87,88)/t72?,73?,74-,75-/m1/s1. The smallest absolute Gasteiger partial charge is 0.462 e. The molecule has 0 radical (unpaired) electrons. The molecule has 0 amide bonds. The van der Waals surface area contributed by atoms with Gasteiger partial charge in [-0.2, -0.15) is 0 Å². The number of hydrogen-bond acceptors (Lipinski definition) is 15. The van der Waals surface area contributed by atoms with Crippen LogP contribution in [0.15, 0.2) is 0 Å². The zero-order chi connectivity index (χ0) is 72.4. The topological polar surface area (TPSA) is 237 Å². The third-order valence-electron chi connectivity index (χ3n) is 18.7. The van der Waals surface area contributed by atoms with Crippen LogP contribution in [0.3, 0.4) is 0 Å². The summed E-state index contributed by atoms with van der Waals surface area (Å²) in [5.74, 6) is 0.955. The van der Waals surface area contributed by atoms with E-state index >= 15 is 0 Å². The fourth-order valence-corrected chi connectivity index (χ4v) is 13.6. The lowest BCUT2D eigenvalue weighted by Gasteiger charge is -2.21. The SMILES string of the molecule is CCC(C)CCCCCCCCCCCCC(=O)OC[C@H](COP(=O)(O)OCC(O)COP(=O)(O)OC[C@@H](COC(=O)CCCCCCCCC(C)C)OC(=O)CCCCCCCCCCCCCCCCCCCCC(C)C)OC(=O)CCCCCCCCCCCCCC(C)C. The Bertz CT molecular complexity index is 1920. The minimum atomic E-state index is -4.96. The van der Waals surface area contributed by atoms with E-state index in [1.807, 2.05) is 0 Å². The van der Waals surface area contributed by atoms with Gasteiger partial charge in [0.15, 0.2) is 12.2 Å². The highest BCUT2D eigenvalue weighted by molar-refractivity contribution is 7.47. The molecule has 0 aliphatic heterocycles. The van der Waals surface area contributed by atoms with Crippen molar-refractivity contribution in [3.05, 3.63) is 0 Å². The molecule has 0 aromatic carbocycles. The van der Waals surface area contributed by atoms with Crippen LogP contribution in [0.4, 0.5) is 0 Å². The molecular formula is C79H154O17P2. The minimum absolute atomic E-state index is 0.106. The highest BCUT2D eigenvalue weighted by Gasteiger charge is 2.30. The van der Waals surface area contributed by atoms with Gasteiger partial charge in [-0.05, 0) is 49.4 Å². The van der Waals surface area contributed by atoms with E-state index in [0.29, 0.717) is 31.6 Å². The molecule has 0 fully saturated rings. The van der Waals surface area contributed by atoms with Crippen molar-refractivity contribution < 1.29 is 80.2 Å². The van der Waals surface area contributed by atoms with Crippen molar-refractivity contribution in [2.24, 2.45) is 23.7 Å². The number of esters is 4. The maximum Gasteiger partial charge on any atom is 0.472 e. The molecule has 98 heavy (non-hydrogen) atoms. The van der Waals surface area contributed by atoms with Crippen LogP contribution in [0, 0.1) is 23.7 Å². The molecule has 19 heteroatoms. The maximum absolute atomic E-state index is 13.1. The second-order valence-corrected chi connectivity index (χ2v) is 33.0. The molecule has 0 aromatic rings. The Morgan fingerprint density at radius 1 is 0.286 bits per heavy atom. The van der Waals surface area contributed by atoms with Crippen LogP contribution in [0.25, 0.3) is 0 Å². The Hall–Kier alpha value is -1.94. The van der Waals surface area contributed by atoms with Gasteiger partial charge in [-0.25, -0.2) is 9.13 Å². The number of phosphoric ester groups is 2. The molecule has 582 valence electrons. The van der Waals surface area contributed by atoms with Crippen LogP contribution in [0.2, 0.25) is 0 Å². The van der Waals surface area contributed by atoms with Gasteiger partial charge in [0.1, 0.15) is 19.3 Å². The Kier molecular flexibility index (Phi) is 66.8. The Labute approximate surface area is 600 Å². The van der Waals surface area contributed by atoms with E-state index in [1.165, 1.54) is 199 Å². The van der Waals surface area contributed by atoms with Crippen LogP contribution in [0.1, 0.15) is 402 Å². The van der Waals surface area contributed by atoms with E-state index in [4.69, 9.17) is 37.0 Å². The molecular weight excluding hydrogens is 1280 g/mol. The monoisotopic (exact) mass is 1440 g/mol. The molecule has 0 spiro atoms. The van der Waals surface area contributed by atoms with Gasteiger partial charge in [0.05, 0.1) is 26.4 Å². The van der Waals surface area contributed by atoms with Crippen molar-refractivity contribution in [2.75, 3.05) is 39.6 Å². The molecule has 0 saturated carbocycles. The van der Waals surface area contributed by atoms with Gasteiger partial charge < -0.3 is 33.8 Å². The van der Waals surface area contributed by atoms with Gasteiger partial charge in [-0.1, -0.05) is 351 Å². The summed E-state index contributed by atoms with van der Waals surface area (Å²) in [5.41, 5.74) is 0. The first-order valence-electron chi connectivity index (χ1n) is 40.7. The van der Waals surface area contributed by atoms with Gasteiger partial charge in [0.2, 0.25) is 0 Å². The second-order valence-electron chi connectivity index (χ2n) is 30.1. The average molecular weight is 1440 g/mol. The number of hydrogen-bond donors (Lipinski definition) is 3. The van der Waals surface area contributed by atoms with Crippen molar-refractivity contribution in [3.63, 3.8) is 0 Å². The number of aliphatic hydroxyl groups excluding tert-OH is 1. The van der Waals surface area contributed by atoms with E-state index in [0.717, 1.165) is 114 Å². The first-order valence-corrected chi connectivity index (χ1v) is 43.7. The van der Waals surface area contributed by atoms with E-state index in [1.54, 1.807) is 0 Å². The lowest BCUT2D eigenvalue weighted by molar-refractivity contribution is -0.161. The Morgan fingerprint density at radius 3 is 0.724 bits per heavy atom. The normalized spacial score (nSPS) is 14.3. The summed E-state index contributed by atoms with van der Waals surface area (Å²) in [7, 11) is -9.92. The first kappa shape index (κ1) is 96.1. The van der Waals surface area contributed by atoms with Gasteiger partial charge in [-0.15, -0.1) is 0 Å². The van der Waals surface area contributed by atoms with E-state index in [-0.39, 0.29) is 25.7 Å². The number of carbonyl (C=O) groups is 4. The molecule has 0 saturated heterocycles. The Morgan fingerprint density at radius 2 is 0.490 bits per heavy atom. The molecule has 0 aliphatic carbocycles. The van der Waals surface area contributed by atoms with Crippen LogP contribution < -0.4 is 0 Å². The highest BCUT2D eigenvalue weighted by atomic mass is 31.2. The minimum Gasteiger partial charge on any atom is -0.462 e. The first-order chi connectivity index (χ1) is 47.1. The summed E-state index contributed by atoms with van der Waals surface area (Å²) >= 11 is 0. The molecule has 0 rings (SSSR count). The summed E-state index contributed by atoms with van der Waals surface area (Å²) < 4.78 is 68.6. The van der Waals surface area contributed by atoms with Crippen molar-refractivity contribution in [3.8, 4) is 0 Å². The molecule has 17 nitrogen and oxygen atoms in total. The van der Waals surface area contributed by atoms with Crippen LogP contribution in [-0.4, -0.2) is 96.7 Å². The largest absolute Gasteiger partial charge is 0.472 e. The average Bonchev–Trinajstić information content (AvgIpc) is 1.11. The summed E-state index contributed by atoms with van der Waals surface area (Å²) in [5, 5.41) is 10.6. The second kappa shape index (κ2) is 68.2. The molecule has 4 unspecified atom stereocenters. The molecule has 3 N–H and O–H groups in total. The summed E-state index contributed by atoms with van der Waals surface area (Å²) in [6.07, 6.45) is 54.3. The van der Waals surface area contributed by atoms with Crippen LogP contribution in [0.5, 0.6) is 0 Å². The van der Waals surface area contributed by atoms with E-state index in [2.05, 4.69) is 55.4 Å². The molecule has 0 aliphatic rings. The van der Waals surface area contributed by atoms with Crippen molar-refractivity contribution in [2.45, 2.75) is 420 Å². The molecule has 0 bridgehead atoms. The number of unbranched alkanes of at least 4 members (excludes halogenated alkanes) is 41. The van der Waals surface area contributed by atoms with Gasteiger partial charge in [-0.3, -0.25) is 37.3 Å². The summed E-state index contributed by atoms with van der Waals surface area (Å²) in [4.78, 5) is 72.9. The van der Waals surface area contributed by atoms with Crippen molar-refractivity contribution in [1.29, 1.82) is 0 Å². The van der Waals surface area contributed by atoms with E-state index < -0.39 is 97.5 Å². The third kappa shape index (κ3) is 71.1. The fourth-order valence-electron chi connectivity index (χ4n) is 12.0. The van der Waals surface area contributed by atoms with Crippen LogP contribution >= 0.6 is 15.6 Å². The van der Waals surface area contributed by atoms with Gasteiger partial charge in [0.25, 0.3) is 0 Å². The predicted octanol–water partition coefficient (Wildman–Crippen LogP) is 23.2. The third-order valence-corrected chi connectivity index (χ3v) is 20.6. The van der Waals surface area contributed by atoms with Crippen molar-refractivity contribution >= 4 is 39.5 Å². The summed E-state index contributed by atoms with van der Waals surface area (Å²) in [6.45, 7) is 14.2. The quantitative estimate of drug-likeness (QED) is 0.0222. The number of carbonyl (C=O) groups excluding carboxylic acids is 4. The maximum atomic E-state index is 13.1.